The maximum atomic E-state index is 13.2. The Morgan fingerprint density at radius 2 is 2.10 bits per heavy atom. The van der Waals surface area contributed by atoms with Gasteiger partial charge in [-0.2, -0.15) is 5.26 Å². The molecule has 0 radical (unpaired) electrons. The molecule has 0 heterocycles. The Labute approximate surface area is 120 Å². The molecule has 0 aromatic heterocycles. The van der Waals surface area contributed by atoms with Crippen LogP contribution < -0.4 is 5.32 Å². The standard InChI is InChI=1S/C15H12FN3O2/c1-10-6-12(2-4-13(10)16)9-18-14-7-11(8-17)3-5-15(14)19(20)21/h2-7,18H,9H2,1H3. The monoisotopic (exact) mass is 285 g/mol. The van der Waals surface area contributed by atoms with Gasteiger partial charge in [0, 0.05) is 12.6 Å². The molecule has 0 fully saturated rings. The highest BCUT2D eigenvalue weighted by molar-refractivity contribution is 5.64. The van der Waals surface area contributed by atoms with Crippen LogP contribution in [0.3, 0.4) is 0 Å². The van der Waals surface area contributed by atoms with E-state index in [9.17, 15) is 14.5 Å². The van der Waals surface area contributed by atoms with E-state index in [-0.39, 0.29) is 17.2 Å². The number of rotatable bonds is 4. The average Bonchev–Trinajstić information content (AvgIpc) is 2.48. The molecular weight excluding hydrogens is 273 g/mol. The second-order valence-corrected chi connectivity index (χ2v) is 4.54. The summed E-state index contributed by atoms with van der Waals surface area (Å²) in [5.74, 6) is -0.295. The molecule has 0 aliphatic carbocycles. The lowest BCUT2D eigenvalue weighted by molar-refractivity contribution is -0.384. The van der Waals surface area contributed by atoms with Gasteiger partial charge in [-0.05, 0) is 36.2 Å². The van der Waals surface area contributed by atoms with E-state index in [1.165, 1.54) is 24.3 Å². The Balaban J connectivity index is 2.24. The summed E-state index contributed by atoms with van der Waals surface area (Å²) in [6.45, 7) is 1.95. The highest BCUT2D eigenvalue weighted by Gasteiger charge is 2.14. The van der Waals surface area contributed by atoms with Crippen molar-refractivity contribution in [3.05, 3.63) is 69.0 Å². The highest BCUT2D eigenvalue weighted by Crippen LogP contribution is 2.26. The fourth-order valence-corrected chi connectivity index (χ4v) is 1.92. The van der Waals surface area contributed by atoms with E-state index in [2.05, 4.69) is 5.32 Å². The maximum absolute atomic E-state index is 13.2. The summed E-state index contributed by atoms with van der Waals surface area (Å²) in [5.41, 5.74) is 1.80. The van der Waals surface area contributed by atoms with Crippen molar-refractivity contribution in [1.82, 2.24) is 0 Å². The van der Waals surface area contributed by atoms with Crippen LogP contribution in [0.1, 0.15) is 16.7 Å². The largest absolute Gasteiger partial charge is 0.375 e. The third kappa shape index (κ3) is 3.34. The number of benzene rings is 2. The molecule has 5 nitrogen and oxygen atoms in total. The van der Waals surface area contributed by atoms with Gasteiger partial charge in [0.05, 0.1) is 16.6 Å². The van der Waals surface area contributed by atoms with Crippen LogP contribution in [0.5, 0.6) is 0 Å². The van der Waals surface area contributed by atoms with E-state index in [0.29, 0.717) is 17.7 Å². The normalized spacial score (nSPS) is 9.95. The molecule has 0 saturated heterocycles. The second kappa shape index (κ2) is 6.01. The van der Waals surface area contributed by atoms with Gasteiger partial charge in [-0.3, -0.25) is 10.1 Å². The number of nitrogens with one attached hydrogen (secondary N) is 1. The van der Waals surface area contributed by atoms with Gasteiger partial charge in [-0.1, -0.05) is 12.1 Å². The molecule has 1 N–H and O–H groups in total. The molecule has 0 spiro atoms. The van der Waals surface area contributed by atoms with Crippen LogP contribution in [-0.4, -0.2) is 4.92 Å². The van der Waals surface area contributed by atoms with Crippen LogP contribution in [0.15, 0.2) is 36.4 Å². The van der Waals surface area contributed by atoms with Crippen LogP contribution in [0.4, 0.5) is 15.8 Å². The zero-order valence-electron chi connectivity index (χ0n) is 11.3. The van der Waals surface area contributed by atoms with Gasteiger partial charge in [-0.15, -0.1) is 0 Å². The number of hydrogen-bond acceptors (Lipinski definition) is 4. The van der Waals surface area contributed by atoms with E-state index in [0.717, 1.165) is 5.56 Å². The molecular formula is C15H12FN3O2. The summed E-state index contributed by atoms with van der Waals surface area (Å²) < 4.78 is 13.2. The molecule has 0 aliphatic rings. The van der Waals surface area contributed by atoms with Crippen LogP contribution >= 0.6 is 0 Å². The first kappa shape index (κ1) is 14.5. The summed E-state index contributed by atoms with van der Waals surface area (Å²) >= 11 is 0. The highest BCUT2D eigenvalue weighted by atomic mass is 19.1. The predicted octanol–water partition coefficient (Wildman–Crippen LogP) is 3.53. The van der Waals surface area contributed by atoms with Crippen molar-refractivity contribution in [3.63, 3.8) is 0 Å². The third-order valence-electron chi connectivity index (χ3n) is 3.03. The van der Waals surface area contributed by atoms with Crippen LogP contribution in [0, 0.1) is 34.2 Å². The first-order valence-electron chi connectivity index (χ1n) is 6.18. The topological polar surface area (TPSA) is 79.0 Å². The molecule has 21 heavy (non-hydrogen) atoms. The summed E-state index contributed by atoms with van der Waals surface area (Å²) in [4.78, 5) is 10.5. The second-order valence-electron chi connectivity index (χ2n) is 4.54. The SMILES string of the molecule is Cc1cc(CNc2cc(C#N)ccc2[N+](=O)[O-])ccc1F. The summed E-state index contributed by atoms with van der Waals surface area (Å²) in [5, 5.41) is 22.7. The van der Waals surface area contributed by atoms with Gasteiger partial charge in [0.2, 0.25) is 0 Å². The minimum absolute atomic E-state index is 0.104. The van der Waals surface area contributed by atoms with Gasteiger partial charge in [0.25, 0.3) is 5.69 Å². The minimum Gasteiger partial charge on any atom is -0.375 e. The molecule has 0 amide bonds. The van der Waals surface area contributed by atoms with E-state index >= 15 is 0 Å². The molecule has 0 unspecified atom stereocenters. The van der Waals surface area contributed by atoms with Crippen LogP contribution in [-0.2, 0) is 6.54 Å². The fraction of sp³-hybridized carbons (Fsp3) is 0.133. The Morgan fingerprint density at radius 3 is 2.71 bits per heavy atom. The molecule has 0 bridgehead atoms. The number of anilines is 1. The van der Waals surface area contributed by atoms with Crippen molar-refractivity contribution in [2.45, 2.75) is 13.5 Å². The molecule has 106 valence electrons. The fourth-order valence-electron chi connectivity index (χ4n) is 1.92. The van der Waals surface area contributed by atoms with E-state index in [4.69, 9.17) is 5.26 Å². The van der Waals surface area contributed by atoms with Crippen molar-refractivity contribution in [3.8, 4) is 6.07 Å². The molecule has 0 saturated carbocycles. The third-order valence-corrected chi connectivity index (χ3v) is 3.03. The Hall–Kier alpha value is -2.94. The first-order valence-corrected chi connectivity index (χ1v) is 6.18. The summed E-state index contributed by atoms with van der Waals surface area (Å²) in [7, 11) is 0. The molecule has 0 aliphatic heterocycles. The molecule has 2 aromatic carbocycles. The lowest BCUT2D eigenvalue weighted by atomic mass is 10.1. The number of aryl methyl sites for hydroxylation is 1. The molecule has 6 heteroatoms. The Morgan fingerprint density at radius 1 is 1.33 bits per heavy atom. The van der Waals surface area contributed by atoms with E-state index in [1.807, 2.05) is 6.07 Å². The number of nitro groups is 1. The van der Waals surface area contributed by atoms with Crippen LogP contribution in [0.25, 0.3) is 0 Å². The summed E-state index contributed by atoms with van der Waals surface area (Å²) in [6.07, 6.45) is 0. The van der Waals surface area contributed by atoms with Gasteiger partial charge in [0.15, 0.2) is 0 Å². The number of nitriles is 1. The van der Waals surface area contributed by atoms with Crippen molar-refractivity contribution in [2.24, 2.45) is 0 Å². The summed E-state index contributed by atoms with van der Waals surface area (Å²) in [6, 6.07) is 10.7. The van der Waals surface area contributed by atoms with E-state index in [1.54, 1.807) is 19.1 Å². The minimum atomic E-state index is -0.514. The Kier molecular flexibility index (Phi) is 4.14. The smallest absolute Gasteiger partial charge is 0.292 e. The maximum Gasteiger partial charge on any atom is 0.292 e. The lowest BCUT2D eigenvalue weighted by Crippen LogP contribution is -2.03. The molecule has 0 atom stereocenters. The number of nitrogens with zero attached hydrogens (tertiary/aromatic N) is 2. The quantitative estimate of drug-likeness (QED) is 0.688. The van der Waals surface area contributed by atoms with Gasteiger partial charge < -0.3 is 5.32 Å². The van der Waals surface area contributed by atoms with Crippen molar-refractivity contribution in [1.29, 1.82) is 5.26 Å². The predicted molar refractivity (Wildman–Crippen MR) is 76.3 cm³/mol. The van der Waals surface area contributed by atoms with Gasteiger partial charge >= 0.3 is 0 Å². The molecule has 2 aromatic rings. The average molecular weight is 285 g/mol. The van der Waals surface area contributed by atoms with Crippen molar-refractivity contribution in [2.75, 3.05) is 5.32 Å². The van der Waals surface area contributed by atoms with E-state index < -0.39 is 4.92 Å². The number of nitro benzene ring substituents is 1. The van der Waals surface area contributed by atoms with Gasteiger partial charge in [-0.25, -0.2) is 4.39 Å². The molecule has 2 rings (SSSR count). The van der Waals surface area contributed by atoms with Crippen LogP contribution in [0.2, 0.25) is 0 Å². The lowest BCUT2D eigenvalue weighted by Gasteiger charge is -2.08. The Bertz CT molecular complexity index is 738. The van der Waals surface area contributed by atoms with Crippen molar-refractivity contribution >= 4 is 11.4 Å². The van der Waals surface area contributed by atoms with Gasteiger partial charge in [0.1, 0.15) is 11.5 Å². The number of halogens is 1. The zero-order valence-corrected chi connectivity index (χ0v) is 11.3. The number of hydrogen-bond donors (Lipinski definition) is 1. The van der Waals surface area contributed by atoms with Crippen molar-refractivity contribution < 1.29 is 9.31 Å². The zero-order chi connectivity index (χ0) is 15.4. The first-order chi connectivity index (χ1) is 10.0.